The van der Waals surface area contributed by atoms with Gasteiger partial charge in [0, 0.05) is 39.1 Å². The van der Waals surface area contributed by atoms with E-state index < -0.39 is 35.1 Å². The fourth-order valence-electron chi connectivity index (χ4n) is 4.99. The van der Waals surface area contributed by atoms with E-state index in [-0.39, 0.29) is 29.9 Å². The van der Waals surface area contributed by atoms with Crippen molar-refractivity contribution in [1.82, 2.24) is 25.1 Å². The fraction of sp³-hybridized carbons (Fsp3) is 0.480. The van der Waals surface area contributed by atoms with E-state index in [1.165, 1.54) is 35.7 Å². The van der Waals surface area contributed by atoms with Gasteiger partial charge < -0.3 is 20.6 Å². The lowest BCUT2D eigenvalue weighted by Crippen LogP contribution is -2.48. The van der Waals surface area contributed by atoms with Crippen molar-refractivity contribution in [3.8, 4) is 5.75 Å². The summed E-state index contributed by atoms with van der Waals surface area (Å²) >= 11 is 0. The van der Waals surface area contributed by atoms with Crippen molar-refractivity contribution in [3.05, 3.63) is 57.5 Å². The molecule has 1 aromatic carbocycles. The van der Waals surface area contributed by atoms with Crippen LogP contribution < -0.4 is 16.2 Å². The zero-order valence-corrected chi connectivity index (χ0v) is 20.3. The molecule has 0 spiro atoms. The molecule has 10 nitrogen and oxygen atoms in total. The zero-order chi connectivity index (χ0) is 26.0. The Kier molecular flexibility index (Phi) is 7.37. The van der Waals surface area contributed by atoms with Gasteiger partial charge in [0.15, 0.2) is 5.69 Å². The number of amides is 3. The van der Waals surface area contributed by atoms with Crippen LogP contribution in [0.1, 0.15) is 53.5 Å². The van der Waals surface area contributed by atoms with Gasteiger partial charge in [-0.15, -0.1) is 0 Å². The fourth-order valence-corrected chi connectivity index (χ4v) is 4.99. The van der Waals surface area contributed by atoms with Crippen LogP contribution in [0.15, 0.2) is 29.1 Å². The molecule has 3 atom stereocenters. The Balaban J connectivity index is 1.50. The van der Waals surface area contributed by atoms with Crippen LogP contribution in [0.5, 0.6) is 5.75 Å². The lowest BCUT2D eigenvalue weighted by Gasteiger charge is -2.32. The number of aryl methyl sites for hydroxylation is 1. The molecule has 3 heterocycles. The Hall–Kier alpha value is -3.76. The van der Waals surface area contributed by atoms with E-state index in [1.54, 1.807) is 12.1 Å². The van der Waals surface area contributed by atoms with E-state index in [1.807, 2.05) is 0 Å². The summed E-state index contributed by atoms with van der Waals surface area (Å²) in [5.41, 5.74) is -0.121. The van der Waals surface area contributed by atoms with Gasteiger partial charge in [-0.3, -0.25) is 23.7 Å². The molecule has 36 heavy (non-hydrogen) atoms. The maximum atomic E-state index is 13.0. The lowest BCUT2D eigenvalue weighted by molar-refractivity contribution is -0.144. The molecule has 2 bridgehead atoms. The zero-order valence-electron chi connectivity index (χ0n) is 20.3. The lowest BCUT2D eigenvalue weighted by atomic mass is 9.79. The number of aromatic nitrogens is 2. The molecule has 3 amide bonds. The van der Waals surface area contributed by atoms with Crippen molar-refractivity contribution in [2.45, 2.75) is 50.6 Å². The highest BCUT2D eigenvalue weighted by molar-refractivity contribution is 6.34. The molecule has 5 rings (SSSR count). The number of rotatable bonds is 6. The van der Waals surface area contributed by atoms with Gasteiger partial charge >= 0.3 is 11.8 Å². The first-order valence-electron chi connectivity index (χ1n) is 12.0. The maximum absolute atomic E-state index is 13.0. The standard InChI is InChI=1S/C25H30FN5O5/c1-30(2)25(36)23(34)28-18-12-15-7-10-17(18)21-29-19(20(32)24(35)31(21)13-15)22(33)27-11-3-4-14-5-8-16(26)9-6-14/h5-6,8-9,15,17-18,32H,3-4,7,10-13H2,1-2H3,(H,27,33)(H,28,34). The maximum Gasteiger partial charge on any atom is 0.311 e. The SMILES string of the molecule is CN(C)C(=O)C(=O)NC1CC2CCC1c1nc(C(=O)NCCCc3ccc(F)cc3)c(O)c(=O)n1C2. The smallest absolute Gasteiger partial charge is 0.311 e. The normalized spacial score (nSPS) is 20.2. The average molecular weight is 500 g/mol. The van der Waals surface area contributed by atoms with Crippen molar-refractivity contribution in [3.63, 3.8) is 0 Å². The average Bonchev–Trinajstić information content (AvgIpc) is 3.12. The Morgan fingerprint density at radius 1 is 1.19 bits per heavy atom. The first kappa shape index (κ1) is 25.3. The third kappa shape index (κ3) is 5.24. The number of fused-ring (bicyclic) bond motifs is 2. The molecule has 11 heteroatoms. The van der Waals surface area contributed by atoms with Gasteiger partial charge in [-0.05, 0) is 55.7 Å². The third-order valence-corrected chi connectivity index (χ3v) is 6.88. The highest BCUT2D eigenvalue weighted by Gasteiger charge is 2.41. The summed E-state index contributed by atoms with van der Waals surface area (Å²) in [5, 5.41) is 16.0. The predicted octanol–water partition coefficient (Wildman–Crippen LogP) is 0.921. The molecule has 1 fully saturated rings. The molecule has 192 valence electrons. The van der Waals surface area contributed by atoms with Crippen molar-refractivity contribution in [2.24, 2.45) is 5.92 Å². The predicted molar refractivity (Wildman–Crippen MR) is 128 cm³/mol. The Bertz CT molecular complexity index is 1230. The number of nitrogens with zero attached hydrogens (tertiary/aromatic N) is 3. The van der Waals surface area contributed by atoms with E-state index in [2.05, 4.69) is 15.6 Å². The number of aromatic hydroxyl groups is 1. The van der Waals surface area contributed by atoms with Gasteiger partial charge in [0.05, 0.1) is 0 Å². The van der Waals surface area contributed by atoms with Crippen LogP contribution in [-0.2, 0) is 22.6 Å². The van der Waals surface area contributed by atoms with E-state index in [0.717, 1.165) is 12.0 Å². The van der Waals surface area contributed by atoms with Crippen LogP contribution >= 0.6 is 0 Å². The van der Waals surface area contributed by atoms with Crippen LogP contribution in [0.4, 0.5) is 4.39 Å². The van der Waals surface area contributed by atoms with Crippen LogP contribution in [0, 0.1) is 11.7 Å². The Labute approximate surface area is 207 Å². The van der Waals surface area contributed by atoms with Gasteiger partial charge in [0.1, 0.15) is 11.6 Å². The summed E-state index contributed by atoms with van der Waals surface area (Å²) in [6.07, 6.45) is 3.17. The molecule has 2 aliphatic heterocycles. The van der Waals surface area contributed by atoms with Crippen molar-refractivity contribution in [2.75, 3.05) is 20.6 Å². The highest BCUT2D eigenvalue weighted by Crippen LogP contribution is 2.39. The Morgan fingerprint density at radius 2 is 1.92 bits per heavy atom. The second kappa shape index (κ2) is 10.5. The van der Waals surface area contributed by atoms with Crippen LogP contribution in [0.2, 0.25) is 0 Å². The molecular formula is C25H30FN5O5. The highest BCUT2D eigenvalue weighted by atomic mass is 19.1. The van der Waals surface area contributed by atoms with Crippen LogP contribution in [0.3, 0.4) is 0 Å². The molecule has 3 aliphatic rings. The van der Waals surface area contributed by atoms with Crippen molar-refractivity contribution < 1.29 is 23.9 Å². The van der Waals surface area contributed by atoms with Gasteiger partial charge in [0.2, 0.25) is 5.75 Å². The van der Waals surface area contributed by atoms with E-state index in [0.29, 0.717) is 38.1 Å². The molecule has 1 saturated carbocycles. The minimum atomic E-state index is -0.732. The molecule has 1 aromatic heterocycles. The monoisotopic (exact) mass is 499 g/mol. The summed E-state index contributed by atoms with van der Waals surface area (Å²) in [4.78, 5) is 55.9. The van der Waals surface area contributed by atoms with Crippen molar-refractivity contribution >= 4 is 17.7 Å². The van der Waals surface area contributed by atoms with E-state index >= 15 is 0 Å². The van der Waals surface area contributed by atoms with Gasteiger partial charge in [-0.25, -0.2) is 9.37 Å². The minimum absolute atomic E-state index is 0.0623. The Morgan fingerprint density at radius 3 is 2.61 bits per heavy atom. The van der Waals surface area contributed by atoms with Crippen LogP contribution in [0.25, 0.3) is 0 Å². The molecule has 1 aliphatic carbocycles. The number of nitrogens with one attached hydrogen (secondary N) is 2. The molecule has 2 aromatic rings. The summed E-state index contributed by atoms with van der Waals surface area (Å²) in [6.45, 7) is 0.589. The number of halogens is 1. The van der Waals surface area contributed by atoms with E-state index in [4.69, 9.17) is 0 Å². The van der Waals surface area contributed by atoms with Gasteiger partial charge in [0.25, 0.3) is 11.5 Å². The summed E-state index contributed by atoms with van der Waals surface area (Å²) in [5.74, 6) is -3.09. The van der Waals surface area contributed by atoms with Gasteiger partial charge in [-0.2, -0.15) is 0 Å². The largest absolute Gasteiger partial charge is 0.501 e. The molecule has 3 unspecified atom stereocenters. The topological polar surface area (TPSA) is 134 Å². The minimum Gasteiger partial charge on any atom is -0.501 e. The van der Waals surface area contributed by atoms with E-state index in [9.17, 15) is 28.7 Å². The summed E-state index contributed by atoms with van der Waals surface area (Å²) in [6, 6.07) is 5.68. The van der Waals surface area contributed by atoms with Crippen LogP contribution in [-0.4, -0.2) is 64.0 Å². The quantitative estimate of drug-likeness (QED) is 0.400. The second-order valence-electron chi connectivity index (χ2n) is 9.63. The first-order valence-corrected chi connectivity index (χ1v) is 12.0. The number of likely N-dealkylation sites (N-methyl/N-ethyl adjacent to an activating group) is 1. The number of carbonyl (C=O) groups is 3. The third-order valence-electron chi connectivity index (χ3n) is 6.88. The molecule has 0 saturated heterocycles. The number of carbonyl (C=O) groups excluding carboxylic acids is 3. The van der Waals surface area contributed by atoms with Crippen molar-refractivity contribution in [1.29, 1.82) is 0 Å². The summed E-state index contributed by atoms with van der Waals surface area (Å²) in [7, 11) is 2.98. The number of hydrogen-bond donors (Lipinski definition) is 3. The molecule has 3 N–H and O–H groups in total. The summed E-state index contributed by atoms with van der Waals surface area (Å²) < 4.78 is 14.4. The number of benzene rings is 1. The second-order valence-corrected chi connectivity index (χ2v) is 9.63. The molecule has 0 radical (unpaired) electrons. The molecular weight excluding hydrogens is 469 g/mol. The number of hydrogen-bond acceptors (Lipinski definition) is 6. The first-order chi connectivity index (χ1) is 17.2. The van der Waals surface area contributed by atoms with Gasteiger partial charge in [-0.1, -0.05) is 12.1 Å².